The van der Waals surface area contributed by atoms with Crippen LogP contribution >= 0.6 is 0 Å². The van der Waals surface area contributed by atoms with Gasteiger partial charge in [0, 0.05) is 6.61 Å². The minimum atomic E-state index is -0.901. The van der Waals surface area contributed by atoms with Gasteiger partial charge >= 0.3 is 14.5 Å². The Bertz CT molecular complexity index is 136. The summed E-state index contributed by atoms with van der Waals surface area (Å²) in [6.07, 6.45) is 5.30. The Morgan fingerprint density at radius 2 is 1.44 bits per heavy atom. The molecule has 0 saturated heterocycles. The van der Waals surface area contributed by atoms with E-state index in [0.29, 0.717) is 0 Å². The Balaban J connectivity index is 3.65. The fourth-order valence-corrected chi connectivity index (χ4v) is 5.13. The second-order valence-electron chi connectivity index (χ2n) is 5.81. The maximum atomic E-state index is 6.15. The zero-order valence-corrected chi connectivity index (χ0v) is 13.2. The summed E-state index contributed by atoms with van der Waals surface area (Å²) in [5.74, 6) is 1.62. The normalized spacial score (nSPS) is 11.4. The van der Waals surface area contributed by atoms with Gasteiger partial charge in [0.25, 0.3) is 0 Å². The monoisotopic (exact) mass is 242 g/mol. The lowest BCUT2D eigenvalue weighted by atomic mass is 10.2. The topological polar surface area (TPSA) is 9.23 Å². The first-order valence-corrected chi connectivity index (χ1v) is 9.28. The average molecular weight is 242 g/mol. The van der Waals surface area contributed by atoms with Gasteiger partial charge < -0.3 is 3.79 Å². The summed E-state index contributed by atoms with van der Waals surface area (Å²) in [7, 11) is 0. The van der Waals surface area contributed by atoms with Crippen LogP contribution in [0.3, 0.4) is 0 Å². The Labute approximate surface area is 108 Å². The standard InChI is InChI=1S/C6H13O.2C4H9.Al/c1-2-3-4-5-6-7;2*1-4(2)3;/h2-6H2,1H3;2*4H,1H2,2-3H3;/q-1;;;+1. The molecule has 0 N–H and O–H groups in total. The van der Waals surface area contributed by atoms with Crippen molar-refractivity contribution in [3.05, 3.63) is 0 Å². The molecular formula is C14H31AlO. The van der Waals surface area contributed by atoms with Crippen molar-refractivity contribution in [1.82, 2.24) is 0 Å². The summed E-state index contributed by atoms with van der Waals surface area (Å²) in [4.78, 5) is 0. The molecular weight excluding hydrogens is 211 g/mol. The molecule has 0 fully saturated rings. The molecule has 0 radical (unpaired) electrons. The number of unbranched alkanes of at least 4 members (excludes halogenated alkanes) is 3. The molecule has 0 aromatic heterocycles. The lowest BCUT2D eigenvalue weighted by Gasteiger charge is -2.16. The molecule has 0 aliphatic carbocycles. The van der Waals surface area contributed by atoms with Gasteiger partial charge in [-0.3, -0.25) is 0 Å². The van der Waals surface area contributed by atoms with Crippen molar-refractivity contribution in [3.8, 4) is 0 Å². The first-order chi connectivity index (χ1) is 7.56. The van der Waals surface area contributed by atoms with Gasteiger partial charge in [-0.25, -0.2) is 0 Å². The van der Waals surface area contributed by atoms with Crippen molar-refractivity contribution in [2.75, 3.05) is 6.61 Å². The van der Waals surface area contributed by atoms with Crippen molar-refractivity contribution in [2.45, 2.75) is 70.9 Å². The predicted octanol–water partition coefficient (Wildman–Crippen LogP) is 4.89. The van der Waals surface area contributed by atoms with Crippen LogP contribution in [0.25, 0.3) is 0 Å². The molecule has 0 bridgehead atoms. The van der Waals surface area contributed by atoms with Crippen LogP contribution in [0.4, 0.5) is 0 Å². The van der Waals surface area contributed by atoms with Crippen molar-refractivity contribution in [1.29, 1.82) is 0 Å². The molecule has 0 spiro atoms. The first kappa shape index (κ1) is 16.5. The van der Waals surface area contributed by atoms with Gasteiger partial charge in [-0.15, -0.1) is 0 Å². The smallest absolute Gasteiger partial charge is 0.461 e. The minimum Gasteiger partial charge on any atom is -0.501 e. The second-order valence-corrected chi connectivity index (χ2v) is 8.33. The average Bonchev–Trinajstić information content (AvgIpc) is 2.15. The van der Waals surface area contributed by atoms with Gasteiger partial charge in [0.15, 0.2) is 0 Å². The van der Waals surface area contributed by atoms with Gasteiger partial charge in [0.2, 0.25) is 0 Å². The molecule has 0 aromatic carbocycles. The summed E-state index contributed by atoms with van der Waals surface area (Å²) in [6.45, 7) is 12.6. The number of hydrogen-bond acceptors (Lipinski definition) is 1. The maximum absolute atomic E-state index is 6.15. The summed E-state index contributed by atoms with van der Waals surface area (Å²) in [5.41, 5.74) is 0. The molecule has 0 amide bonds. The molecule has 0 atom stereocenters. The van der Waals surface area contributed by atoms with E-state index in [1.807, 2.05) is 0 Å². The van der Waals surface area contributed by atoms with E-state index in [9.17, 15) is 0 Å². The zero-order valence-electron chi connectivity index (χ0n) is 12.1. The van der Waals surface area contributed by atoms with Crippen molar-refractivity contribution in [2.24, 2.45) is 11.8 Å². The van der Waals surface area contributed by atoms with Gasteiger partial charge in [-0.05, 0) is 6.42 Å². The van der Waals surface area contributed by atoms with Crippen LogP contribution in [0, 0.1) is 11.8 Å². The van der Waals surface area contributed by atoms with E-state index in [-0.39, 0.29) is 0 Å². The Hall–Kier alpha value is 0.492. The largest absolute Gasteiger partial charge is 0.501 e. The van der Waals surface area contributed by atoms with E-state index in [4.69, 9.17) is 3.79 Å². The van der Waals surface area contributed by atoms with Gasteiger partial charge in [0.05, 0.1) is 0 Å². The Morgan fingerprint density at radius 3 is 1.88 bits per heavy atom. The highest BCUT2D eigenvalue weighted by Gasteiger charge is 2.22. The van der Waals surface area contributed by atoms with Crippen LogP contribution in [0.1, 0.15) is 60.3 Å². The molecule has 0 unspecified atom stereocenters. The number of rotatable bonds is 10. The molecule has 2 heteroatoms. The van der Waals surface area contributed by atoms with Crippen LogP contribution in [-0.2, 0) is 3.79 Å². The van der Waals surface area contributed by atoms with E-state index < -0.39 is 14.5 Å². The van der Waals surface area contributed by atoms with Crippen LogP contribution in [-0.4, -0.2) is 21.1 Å². The lowest BCUT2D eigenvalue weighted by Crippen LogP contribution is -2.22. The molecule has 0 aromatic rings. The fourth-order valence-electron chi connectivity index (χ4n) is 2.06. The molecule has 0 aliphatic rings. The Kier molecular flexibility index (Phi) is 11.0. The van der Waals surface area contributed by atoms with E-state index in [1.165, 1.54) is 36.2 Å². The SMILES string of the molecule is CCCCCC[O][Al]([CH2]C(C)C)[CH2]C(C)C. The summed E-state index contributed by atoms with van der Waals surface area (Å²) < 4.78 is 6.15. The molecule has 0 heterocycles. The van der Waals surface area contributed by atoms with Gasteiger partial charge in [0.1, 0.15) is 0 Å². The predicted molar refractivity (Wildman–Crippen MR) is 75.1 cm³/mol. The quantitative estimate of drug-likeness (QED) is 0.391. The third-order valence-corrected chi connectivity index (χ3v) is 6.46. The van der Waals surface area contributed by atoms with E-state index in [1.54, 1.807) is 0 Å². The Morgan fingerprint density at radius 1 is 0.875 bits per heavy atom. The summed E-state index contributed by atoms with van der Waals surface area (Å²) in [5, 5.41) is 2.71. The third-order valence-electron chi connectivity index (χ3n) is 2.82. The number of hydrogen-bond donors (Lipinski definition) is 0. The summed E-state index contributed by atoms with van der Waals surface area (Å²) in [6, 6.07) is 0. The highest BCUT2D eigenvalue weighted by Crippen LogP contribution is 2.16. The van der Waals surface area contributed by atoms with E-state index in [2.05, 4.69) is 34.6 Å². The van der Waals surface area contributed by atoms with Crippen molar-refractivity contribution >= 4 is 14.5 Å². The summed E-state index contributed by atoms with van der Waals surface area (Å²) >= 11 is -0.901. The molecule has 16 heavy (non-hydrogen) atoms. The van der Waals surface area contributed by atoms with Crippen molar-refractivity contribution < 1.29 is 3.79 Å². The van der Waals surface area contributed by atoms with E-state index >= 15 is 0 Å². The molecule has 1 nitrogen and oxygen atoms in total. The maximum Gasteiger partial charge on any atom is 0.461 e. The molecule has 0 aliphatic heterocycles. The minimum absolute atomic E-state index is 0.811. The van der Waals surface area contributed by atoms with Crippen LogP contribution in [0.15, 0.2) is 0 Å². The molecule has 0 rings (SSSR count). The van der Waals surface area contributed by atoms with E-state index in [0.717, 1.165) is 18.4 Å². The van der Waals surface area contributed by atoms with Crippen LogP contribution < -0.4 is 0 Å². The molecule has 96 valence electrons. The van der Waals surface area contributed by atoms with Gasteiger partial charge in [-0.2, -0.15) is 0 Å². The second kappa shape index (κ2) is 10.6. The first-order valence-electron chi connectivity index (χ1n) is 7.17. The van der Waals surface area contributed by atoms with Gasteiger partial charge in [-0.1, -0.05) is 76.3 Å². The third kappa shape index (κ3) is 11.0. The molecule has 0 saturated carbocycles. The zero-order chi connectivity index (χ0) is 12.4. The van der Waals surface area contributed by atoms with Crippen LogP contribution in [0.5, 0.6) is 0 Å². The highest BCUT2D eigenvalue weighted by molar-refractivity contribution is 6.51. The van der Waals surface area contributed by atoms with Crippen LogP contribution in [0.2, 0.25) is 10.6 Å². The highest BCUT2D eigenvalue weighted by atomic mass is 27.2. The van der Waals surface area contributed by atoms with Crippen molar-refractivity contribution in [3.63, 3.8) is 0 Å². The fraction of sp³-hybridized carbons (Fsp3) is 1.00. The lowest BCUT2D eigenvalue weighted by molar-refractivity contribution is 0.298.